The number of hydrogen-bond donors (Lipinski definition) is 1. The zero-order valence-corrected chi connectivity index (χ0v) is 18.4. The van der Waals surface area contributed by atoms with Crippen LogP contribution in [0.2, 0.25) is 0 Å². The summed E-state index contributed by atoms with van der Waals surface area (Å²) in [6.45, 7) is 3.97. The summed E-state index contributed by atoms with van der Waals surface area (Å²) in [6.07, 6.45) is 3.12. The minimum absolute atomic E-state index is 0.0395. The fourth-order valence-corrected chi connectivity index (χ4v) is 3.83. The molecule has 2 aromatic carbocycles. The summed E-state index contributed by atoms with van der Waals surface area (Å²) in [7, 11) is 0. The second-order valence-corrected chi connectivity index (χ2v) is 8.24. The third-order valence-electron chi connectivity index (χ3n) is 4.77. The van der Waals surface area contributed by atoms with Crippen LogP contribution in [0.3, 0.4) is 0 Å². The standard InChI is InChI=1S/C24H21N3O4S/c1-15-3-4-16(2)20(9-15)27-22(28)10-23-26-19(13-32-23)12-30-24(29)18-7-5-17(6-8-18)21-11-25-14-31-21/h3-9,11,13-14H,10,12H2,1-2H3,(H,27,28). The van der Waals surface area contributed by atoms with Gasteiger partial charge in [0, 0.05) is 16.6 Å². The molecule has 0 radical (unpaired) electrons. The molecule has 0 saturated heterocycles. The lowest BCUT2D eigenvalue weighted by Crippen LogP contribution is -2.15. The summed E-state index contributed by atoms with van der Waals surface area (Å²) in [5.41, 5.74) is 4.74. The van der Waals surface area contributed by atoms with Gasteiger partial charge in [-0.25, -0.2) is 14.8 Å². The van der Waals surface area contributed by atoms with Crippen LogP contribution in [0, 0.1) is 13.8 Å². The second-order valence-electron chi connectivity index (χ2n) is 7.30. The van der Waals surface area contributed by atoms with E-state index in [1.54, 1.807) is 35.8 Å². The van der Waals surface area contributed by atoms with Crippen molar-refractivity contribution in [1.82, 2.24) is 9.97 Å². The van der Waals surface area contributed by atoms with Crippen molar-refractivity contribution in [3.05, 3.63) is 87.8 Å². The zero-order chi connectivity index (χ0) is 22.5. The van der Waals surface area contributed by atoms with E-state index in [-0.39, 0.29) is 18.9 Å². The molecule has 162 valence electrons. The quantitative estimate of drug-likeness (QED) is 0.403. The van der Waals surface area contributed by atoms with E-state index in [9.17, 15) is 9.59 Å². The van der Waals surface area contributed by atoms with Gasteiger partial charge in [0.05, 0.1) is 23.9 Å². The Morgan fingerprint density at radius 2 is 1.94 bits per heavy atom. The number of amides is 1. The van der Waals surface area contributed by atoms with Crippen molar-refractivity contribution in [2.75, 3.05) is 5.32 Å². The first-order valence-corrected chi connectivity index (χ1v) is 10.8. The Bertz CT molecular complexity index is 1230. The van der Waals surface area contributed by atoms with Crippen LogP contribution in [-0.4, -0.2) is 21.8 Å². The summed E-state index contributed by atoms with van der Waals surface area (Å²) in [5.74, 6) is 0.0429. The number of hydrogen-bond acceptors (Lipinski definition) is 7. The molecule has 0 aliphatic rings. The van der Waals surface area contributed by atoms with Gasteiger partial charge in [-0.05, 0) is 43.2 Å². The molecular weight excluding hydrogens is 426 g/mol. The minimum atomic E-state index is -0.448. The SMILES string of the molecule is Cc1ccc(C)c(NC(=O)Cc2nc(COC(=O)c3ccc(-c4cnco4)cc3)cs2)c1. The van der Waals surface area contributed by atoms with Crippen LogP contribution in [0.4, 0.5) is 5.69 Å². The van der Waals surface area contributed by atoms with E-state index in [4.69, 9.17) is 9.15 Å². The van der Waals surface area contributed by atoms with Gasteiger partial charge in [-0.15, -0.1) is 11.3 Å². The Balaban J connectivity index is 1.29. The van der Waals surface area contributed by atoms with Crippen molar-refractivity contribution in [3.63, 3.8) is 0 Å². The topological polar surface area (TPSA) is 94.3 Å². The van der Waals surface area contributed by atoms with Gasteiger partial charge >= 0.3 is 5.97 Å². The fraction of sp³-hybridized carbons (Fsp3) is 0.167. The van der Waals surface area contributed by atoms with Crippen molar-refractivity contribution in [2.45, 2.75) is 26.9 Å². The number of thiazole rings is 1. The number of aromatic nitrogens is 2. The maximum atomic E-state index is 12.4. The molecular formula is C24H21N3O4S. The lowest BCUT2D eigenvalue weighted by molar-refractivity contribution is -0.115. The number of nitrogens with zero attached hydrogens (tertiary/aromatic N) is 2. The minimum Gasteiger partial charge on any atom is -0.456 e. The number of ether oxygens (including phenoxy) is 1. The molecule has 0 fully saturated rings. The predicted octanol–water partition coefficient (Wildman–Crippen LogP) is 4.95. The molecule has 8 heteroatoms. The number of esters is 1. The highest BCUT2D eigenvalue weighted by Crippen LogP contribution is 2.20. The number of anilines is 1. The second kappa shape index (κ2) is 9.57. The summed E-state index contributed by atoms with van der Waals surface area (Å²) in [5, 5.41) is 5.38. The normalized spacial score (nSPS) is 10.7. The molecule has 2 aromatic heterocycles. The lowest BCUT2D eigenvalue weighted by Gasteiger charge is -2.08. The monoisotopic (exact) mass is 447 g/mol. The molecule has 0 spiro atoms. The molecule has 0 saturated carbocycles. The molecule has 2 heterocycles. The number of nitrogens with one attached hydrogen (secondary N) is 1. The number of carbonyl (C=O) groups is 2. The number of aryl methyl sites for hydroxylation is 2. The molecule has 32 heavy (non-hydrogen) atoms. The zero-order valence-electron chi connectivity index (χ0n) is 17.6. The van der Waals surface area contributed by atoms with Crippen LogP contribution in [-0.2, 0) is 22.6 Å². The first-order chi connectivity index (χ1) is 15.5. The van der Waals surface area contributed by atoms with Crippen molar-refractivity contribution in [1.29, 1.82) is 0 Å². The molecule has 4 aromatic rings. The van der Waals surface area contributed by atoms with Crippen molar-refractivity contribution < 1.29 is 18.7 Å². The average Bonchev–Trinajstić information content (AvgIpc) is 3.47. The fourth-order valence-electron chi connectivity index (χ4n) is 3.05. The molecule has 1 amide bonds. The van der Waals surface area contributed by atoms with Gasteiger partial charge in [0.25, 0.3) is 0 Å². The Kier molecular flexibility index (Phi) is 6.42. The number of benzene rings is 2. The van der Waals surface area contributed by atoms with Gasteiger partial charge in [0.15, 0.2) is 12.2 Å². The average molecular weight is 448 g/mol. The molecule has 7 nitrogen and oxygen atoms in total. The van der Waals surface area contributed by atoms with Crippen molar-refractivity contribution in [2.24, 2.45) is 0 Å². The highest BCUT2D eigenvalue weighted by molar-refractivity contribution is 7.09. The van der Waals surface area contributed by atoms with Crippen LogP contribution < -0.4 is 5.32 Å². The van der Waals surface area contributed by atoms with Crippen molar-refractivity contribution >= 4 is 28.9 Å². The number of carbonyl (C=O) groups excluding carboxylic acids is 2. The molecule has 0 bridgehead atoms. The van der Waals surface area contributed by atoms with E-state index in [1.807, 2.05) is 32.0 Å². The Morgan fingerprint density at radius 1 is 1.12 bits per heavy atom. The molecule has 0 aliphatic heterocycles. The summed E-state index contributed by atoms with van der Waals surface area (Å²) in [4.78, 5) is 33.0. The Hall–Kier alpha value is -3.78. The summed E-state index contributed by atoms with van der Waals surface area (Å²) >= 11 is 1.36. The molecule has 0 atom stereocenters. The van der Waals surface area contributed by atoms with E-state index >= 15 is 0 Å². The van der Waals surface area contributed by atoms with Crippen LogP contribution in [0.5, 0.6) is 0 Å². The number of oxazole rings is 1. The van der Waals surface area contributed by atoms with E-state index in [1.165, 1.54) is 17.7 Å². The van der Waals surface area contributed by atoms with Crippen LogP contribution in [0.25, 0.3) is 11.3 Å². The van der Waals surface area contributed by atoms with Crippen LogP contribution in [0.15, 0.2) is 64.9 Å². The third-order valence-corrected chi connectivity index (χ3v) is 5.66. The lowest BCUT2D eigenvalue weighted by atomic mass is 10.1. The molecule has 0 unspecified atom stereocenters. The Morgan fingerprint density at radius 3 is 2.69 bits per heavy atom. The predicted molar refractivity (Wildman–Crippen MR) is 121 cm³/mol. The molecule has 4 rings (SSSR count). The van der Waals surface area contributed by atoms with E-state index in [0.717, 1.165) is 22.4 Å². The summed E-state index contributed by atoms with van der Waals surface area (Å²) < 4.78 is 10.6. The number of rotatable bonds is 7. The van der Waals surface area contributed by atoms with Gasteiger partial charge in [-0.1, -0.05) is 24.3 Å². The smallest absolute Gasteiger partial charge is 0.338 e. The van der Waals surface area contributed by atoms with E-state index < -0.39 is 5.97 Å². The van der Waals surface area contributed by atoms with E-state index in [2.05, 4.69) is 15.3 Å². The van der Waals surface area contributed by atoms with Crippen molar-refractivity contribution in [3.8, 4) is 11.3 Å². The highest BCUT2D eigenvalue weighted by Gasteiger charge is 2.13. The largest absolute Gasteiger partial charge is 0.456 e. The van der Waals surface area contributed by atoms with Gasteiger partial charge in [-0.3, -0.25) is 4.79 Å². The Labute approximate surface area is 189 Å². The van der Waals surface area contributed by atoms with Gasteiger partial charge < -0.3 is 14.5 Å². The highest BCUT2D eigenvalue weighted by atomic mass is 32.1. The third kappa shape index (κ3) is 5.28. The first kappa shape index (κ1) is 21.5. The maximum Gasteiger partial charge on any atom is 0.338 e. The van der Waals surface area contributed by atoms with Gasteiger partial charge in [-0.2, -0.15) is 0 Å². The van der Waals surface area contributed by atoms with Gasteiger partial charge in [0.1, 0.15) is 11.6 Å². The first-order valence-electron chi connectivity index (χ1n) is 9.94. The summed E-state index contributed by atoms with van der Waals surface area (Å²) in [6, 6.07) is 12.8. The van der Waals surface area contributed by atoms with E-state index in [0.29, 0.717) is 22.0 Å². The molecule has 0 aliphatic carbocycles. The van der Waals surface area contributed by atoms with Crippen LogP contribution in [0.1, 0.15) is 32.2 Å². The van der Waals surface area contributed by atoms with Gasteiger partial charge in [0.2, 0.25) is 5.91 Å². The molecule has 1 N–H and O–H groups in total. The van der Waals surface area contributed by atoms with Crippen LogP contribution >= 0.6 is 11.3 Å². The maximum absolute atomic E-state index is 12.4.